The Hall–Kier alpha value is -0.570. The van der Waals surface area contributed by atoms with E-state index in [2.05, 4.69) is 13.8 Å². The molecule has 0 heterocycles. The van der Waals surface area contributed by atoms with Gasteiger partial charge in [0.15, 0.2) is 0 Å². The number of primary amides is 1. The van der Waals surface area contributed by atoms with Gasteiger partial charge in [-0.25, -0.2) is 0 Å². The molecule has 0 saturated carbocycles. The average molecular weight is 186 g/mol. The van der Waals surface area contributed by atoms with E-state index in [1.165, 1.54) is 0 Å². The highest BCUT2D eigenvalue weighted by Crippen LogP contribution is 2.20. The number of rotatable bonds is 7. The maximum atomic E-state index is 10.6. The monoisotopic (exact) mass is 186 g/mol. The van der Waals surface area contributed by atoms with E-state index in [1.54, 1.807) is 0 Å². The second kappa shape index (κ2) is 6.89. The third-order valence-corrected chi connectivity index (χ3v) is 2.61. The molecule has 0 rings (SSSR count). The molecule has 0 aromatic rings. The molecule has 0 radical (unpaired) electrons. The van der Waals surface area contributed by atoms with Crippen LogP contribution in [-0.4, -0.2) is 12.5 Å². The van der Waals surface area contributed by atoms with Gasteiger partial charge < -0.3 is 11.5 Å². The molecule has 0 bridgehead atoms. The molecule has 13 heavy (non-hydrogen) atoms. The summed E-state index contributed by atoms with van der Waals surface area (Å²) in [5.74, 6) is 0.771. The summed E-state index contributed by atoms with van der Waals surface area (Å²) in [6, 6.07) is 0. The summed E-state index contributed by atoms with van der Waals surface area (Å²) in [7, 11) is 0. The van der Waals surface area contributed by atoms with Gasteiger partial charge in [0, 0.05) is 6.42 Å². The summed E-state index contributed by atoms with van der Waals surface area (Å²) in [5.41, 5.74) is 10.5. The molecule has 0 aromatic heterocycles. The van der Waals surface area contributed by atoms with E-state index in [0.29, 0.717) is 18.3 Å². The fourth-order valence-electron chi connectivity index (χ4n) is 1.41. The molecular weight excluding hydrogens is 164 g/mol. The molecule has 0 aliphatic carbocycles. The van der Waals surface area contributed by atoms with Crippen LogP contribution in [0.2, 0.25) is 0 Å². The smallest absolute Gasteiger partial charge is 0.217 e. The summed E-state index contributed by atoms with van der Waals surface area (Å²) in [5, 5.41) is 0. The normalized spacial score (nSPS) is 15.3. The number of amides is 1. The Labute approximate surface area is 80.9 Å². The van der Waals surface area contributed by atoms with Gasteiger partial charge >= 0.3 is 0 Å². The van der Waals surface area contributed by atoms with Crippen molar-refractivity contribution in [2.75, 3.05) is 6.54 Å². The van der Waals surface area contributed by atoms with Crippen LogP contribution in [0.5, 0.6) is 0 Å². The lowest BCUT2D eigenvalue weighted by Gasteiger charge is -2.17. The Morgan fingerprint density at radius 1 is 1.23 bits per heavy atom. The number of carbonyl (C=O) groups excluding carboxylic acids is 1. The first kappa shape index (κ1) is 12.4. The van der Waals surface area contributed by atoms with Crippen molar-refractivity contribution in [1.82, 2.24) is 0 Å². The van der Waals surface area contributed by atoms with Gasteiger partial charge in [-0.3, -0.25) is 4.79 Å². The topological polar surface area (TPSA) is 69.1 Å². The molecule has 2 unspecified atom stereocenters. The second-order valence-corrected chi connectivity index (χ2v) is 3.91. The second-order valence-electron chi connectivity index (χ2n) is 3.91. The lowest BCUT2D eigenvalue weighted by atomic mass is 9.88. The lowest BCUT2D eigenvalue weighted by Crippen LogP contribution is -2.19. The number of hydrogen-bond donors (Lipinski definition) is 2. The Morgan fingerprint density at radius 2 is 1.85 bits per heavy atom. The van der Waals surface area contributed by atoms with Crippen molar-refractivity contribution in [2.24, 2.45) is 23.3 Å². The minimum Gasteiger partial charge on any atom is -0.370 e. The van der Waals surface area contributed by atoms with Gasteiger partial charge in [-0.1, -0.05) is 26.7 Å². The van der Waals surface area contributed by atoms with E-state index in [0.717, 1.165) is 25.8 Å². The highest BCUT2D eigenvalue weighted by Gasteiger charge is 2.13. The summed E-state index contributed by atoms with van der Waals surface area (Å²) in [6.07, 6.45) is 3.88. The van der Waals surface area contributed by atoms with Gasteiger partial charge in [0.05, 0.1) is 0 Å². The molecular formula is C10H22N2O. The summed E-state index contributed by atoms with van der Waals surface area (Å²) >= 11 is 0. The Kier molecular flexibility index (Phi) is 6.59. The van der Waals surface area contributed by atoms with Crippen LogP contribution >= 0.6 is 0 Å². The molecule has 0 spiro atoms. The summed E-state index contributed by atoms with van der Waals surface area (Å²) in [6.45, 7) is 5.01. The minimum absolute atomic E-state index is 0.196. The molecule has 0 aliphatic rings. The third-order valence-electron chi connectivity index (χ3n) is 2.61. The molecule has 78 valence electrons. The van der Waals surface area contributed by atoms with Gasteiger partial charge in [-0.05, 0) is 24.8 Å². The van der Waals surface area contributed by atoms with E-state index >= 15 is 0 Å². The molecule has 4 N–H and O–H groups in total. The van der Waals surface area contributed by atoms with E-state index < -0.39 is 0 Å². The van der Waals surface area contributed by atoms with Gasteiger partial charge in [0.25, 0.3) is 0 Å². The zero-order chi connectivity index (χ0) is 10.3. The van der Waals surface area contributed by atoms with Crippen LogP contribution in [0.3, 0.4) is 0 Å². The van der Waals surface area contributed by atoms with Crippen molar-refractivity contribution in [2.45, 2.75) is 39.5 Å². The molecule has 1 amide bonds. The van der Waals surface area contributed by atoms with Gasteiger partial charge in [-0.2, -0.15) is 0 Å². The molecule has 3 nitrogen and oxygen atoms in total. The lowest BCUT2D eigenvalue weighted by molar-refractivity contribution is -0.119. The van der Waals surface area contributed by atoms with E-state index in [4.69, 9.17) is 11.5 Å². The fourth-order valence-corrected chi connectivity index (χ4v) is 1.41. The maximum Gasteiger partial charge on any atom is 0.217 e. The first-order valence-electron chi connectivity index (χ1n) is 5.06. The van der Waals surface area contributed by atoms with Gasteiger partial charge in [-0.15, -0.1) is 0 Å². The van der Waals surface area contributed by atoms with Gasteiger partial charge in [0.1, 0.15) is 0 Å². The quantitative estimate of drug-likeness (QED) is 0.588. The number of unbranched alkanes of at least 4 members (excludes halogenated alkanes) is 1. The van der Waals surface area contributed by atoms with Crippen molar-refractivity contribution < 1.29 is 4.79 Å². The number of carbonyl (C=O) groups is 1. The molecule has 0 aromatic carbocycles. The molecule has 0 fully saturated rings. The zero-order valence-electron chi connectivity index (χ0n) is 8.75. The van der Waals surface area contributed by atoms with Crippen LogP contribution in [-0.2, 0) is 4.79 Å². The van der Waals surface area contributed by atoms with E-state index in [9.17, 15) is 4.79 Å². The number of nitrogens with two attached hydrogens (primary N) is 2. The summed E-state index contributed by atoms with van der Waals surface area (Å²) in [4.78, 5) is 10.6. The van der Waals surface area contributed by atoms with Crippen molar-refractivity contribution >= 4 is 5.91 Å². The zero-order valence-corrected chi connectivity index (χ0v) is 8.75. The highest BCUT2D eigenvalue weighted by atomic mass is 16.1. The van der Waals surface area contributed by atoms with Crippen LogP contribution in [0.25, 0.3) is 0 Å². The van der Waals surface area contributed by atoms with Crippen LogP contribution in [0, 0.1) is 11.8 Å². The Bertz CT molecular complexity index is 148. The molecule has 0 aliphatic heterocycles. The van der Waals surface area contributed by atoms with Crippen LogP contribution in [0.1, 0.15) is 39.5 Å². The van der Waals surface area contributed by atoms with E-state index in [1.807, 2.05) is 0 Å². The fraction of sp³-hybridized carbons (Fsp3) is 0.900. The predicted molar refractivity (Wildman–Crippen MR) is 55.0 cm³/mol. The van der Waals surface area contributed by atoms with Crippen LogP contribution in [0.15, 0.2) is 0 Å². The van der Waals surface area contributed by atoms with E-state index in [-0.39, 0.29) is 5.91 Å². The third kappa shape index (κ3) is 6.58. The first-order chi connectivity index (χ1) is 6.07. The van der Waals surface area contributed by atoms with Crippen molar-refractivity contribution in [3.8, 4) is 0 Å². The van der Waals surface area contributed by atoms with Crippen molar-refractivity contribution in [1.29, 1.82) is 0 Å². The largest absolute Gasteiger partial charge is 0.370 e. The van der Waals surface area contributed by atoms with Crippen LogP contribution in [0.4, 0.5) is 0 Å². The predicted octanol–water partition coefficient (Wildman–Crippen LogP) is 1.26. The molecule has 2 atom stereocenters. The first-order valence-corrected chi connectivity index (χ1v) is 5.06. The summed E-state index contributed by atoms with van der Waals surface area (Å²) < 4.78 is 0. The van der Waals surface area contributed by atoms with Crippen LogP contribution < -0.4 is 11.5 Å². The van der Waals surface area contributed by atoms with Crippen molar-refractivity contribution in [3.63, 3.8) is 0 Å². The highest BCUT2D eigenvalue weighted by molar-refractivity contribution is 5.73. The molecule has 3 heteroatoms. The van der Waals surface area contributed by atoms with Crippen molar-refractivity contribution in [3.05, 3.63) is 0 Å². The Morgan fingerprint density at radius 3 is 2.31 bits per heavy atom. The number of hydrogen-bond acceptors (Lipinski definition) is 2. The molecule has 0 saturated heterocycles. The van der Waals surface area contributed by atoms with Gasteiger partial charge in [0.2, 0.25) is 5.91 Å². The Balaban J connectivity index is 3.56. The minimum atomic E-state index is -0.196. The maximum absolute atomic E-state index is 10.6. The average Bonchev–Trinajstić information content (AvgIpc) is 2.03. The SMILES string of the molecule is CC(CCCCN)C(C)CC(N)=O. The standard InChI is InChI=1S/C10H22N2O/c1-8(5-3-4-6-11)9(2)7-10(12)13/h8-9H,3-7,11H2,1-2H3,(H2,12,13).